The van der Waals surface area contributed by atoms with E-state index in [1.54, 1.807) is 0 Å². The lowest BCUT2D eigenvalue weighted by molar-refractivity contribution is -0.0458. The maximum absolute atomic E-state index is 11.6. The van der Waals surface area contributed by atoms with Crippen molar-refractivity contribution in [2.75, 3.05) is 12.3 Å². The van der Waals surface area contributed by atoms with Crippen molar-refractivity contribution in [2.45, 2.75) is 24.9 Å². The van der Waals surface area contributed by atoms with Crippen molar-refractivity contribution < 1.29 is 14.9 Å². The molecule has 1 aliphatic heterocycles. The summed E-state index contributed by atoms with van der Waals surface area (Å²) < 4.78 is 6.46. The molecule has 0 aliphatic carbocycles. The molecule has 2 rings (SSSR count). The Bertz CT molecular complexity index is 478. The molecule has 1 aliphatic rings. The number of hydrogen-bond acceptors (Lipinski definition) is 6. The van der Waals surface area contributed by atoms with Crippen molar-refractivity contribution in [2.24, 2.45) is 0 Å². The summed E-state index contributed by atoms with van der Waals surface area (Å²) in [5.41, 5.74) is 4.77. The fraction of sp³-hybridized carbons (Fsp3) is 0.556. The van der Waals surface area contributed by atoms with Gasteiger partial charge in [-0.3, -0.25) is 4.57 Å². The molecule has 1 aromatic heterocycles. The number of aliphatic hydroxyl groups is 2. The monoisotopic (exact) mass is 261 g/mol. The highest BCUT2D eigenvalue weighted by Crippen LogP contribution is 2.28. The molecule has 7 nitrogen and oxygen atoms in total. The van der Waals surface area contributed by atoms with Crippen LogP contribution in [0.25, 0.3) is 0 Å². The van der Waals surface area contributed by atoms with Crippen LogP contribution in [-0.4, -0.2) is 38.6 Å². The minimum Gasteiger partial charge on any atom is -0.394 e. The Hall–Kier alpha value is -1.15. The van der Waals surface area contributed by atoms with Gasteiger partial charge < -0.3 is 20.7 Å². The predicted octanol–water partition coefficient (Wildman–Crippen LogP) is -0.880. The number of nitrogens with zero attached hydrogens (tertiary/aromatic N) is 2. The predicted molar refractivity (Wildman–Crippen MR) is 59.5 cm³/mol. The number of anilines is 1. The number of aromatic nitrogens is 2. The van der Waals surface area contributed by atoms with Gasteiger partial charge >= 0.3 is 5.69 Å². The van der Waals surface area contributed by atoms with Crippen LogP contribution in [-0.2, 0) is 4.74 Å². The third kappa shape index (κ3) is 2.27. The summed E-state index contributed by atoms with van der Waals surface area (Å²) in [5, 5.41) is 18.6. The molecule has 8 heteroatoms. The molecule has 0 spiro atoms. The van der Waals surface area contributed by atoms with Crippen LogP contribution in [0.2, 0.25) is 5.02 Å². The lowest BCUT2D eigenvalue weighted by Crippen LogP contribution is -2.28. The molecule has 4 N–H and O–H groups in total. The number of hydrogen-bond donors (Lipinski definition) is 3. The van der Waals surface area contributed by atoms with Crippen molar-refractivity contribution in [3.05, 3.63) is 21.7 Å². The van der Waals surface area contributed by atoms with Gasteiger partial charge in [-0.1, -0.05) is 11.6 Å². The van der Waals surface area contributed by atoms with Gasteiger partial charge in [-0.25, -0.2) is 4.79 Å². The van der Waals surface area contributed by atoms with Crippen LogP contribution >= 0.6 is 11.6 Å². The molecule has 0 radical (unpaired) electrons. The van der Waals surface area contributed by atoms with Gasteiger partial charge in [-0.2, -0.15) is 4.98 Å². The summed E-state index contributed by atoms with van der Waals surface area (Å²) in [6.45, 7) is -0.317. The molecule has 1 aromatic rings. The summed E-state index contributed by atoms with van der Waals surface area (Å²) in [6, 6.07) is 0. The van der Waals surface area contributed by atoms with Crippen LogP contribution in [0, 0.1) is 0 Å². The average molecular weight is 262 g/mol. The molecule has 0 amide bonds. The first-order valence-electron chi connectivity index (χ1n) is 5.01. The second-order valence-electron chi connectivity index (χ2n) is 3.78. The smallest absolute Gasteiger partial charge is 0.351 e. The van der Waals surface area contributed by atoms with E-state index in [0.29, 0.717) is 0 Å². The number of nitrogens with two attached hydrogens (primary N) is 1. The molecule has 1 saturated heterocycles. The Morgan fingerprint density at radius 2 is 2.41 bits per heavy atom. The quantitative estimate of drug-likeness (QED) is 0.638. The van der Waals surface area contributed by atoms with E-state index < -0.39 is 24.1 Å². The van der Waals surface area contributed by atoms with Crippen molar-refractivity contribution >= 4 is 17.4 Å². The van der Waals surface area contributed by atoms with E-state index in [9.17, 15) is 9.90 Å². The van der Waals surface area contributed by atoms with Gasteiger partial charge in [0, 0.05) is 12.6 Å². The van der Waals surface area contributed by atoms with Crippen LogP contribution in [0.1, 0.15) is 12.6 Å². The maximum Gasteiger partial charge on any atom is 0.351 e. The zero-order chi connectivity index (χ0) is 12.6. The van der Waals surface area contributed by atoms with Gasteiger partial charge in [0.05, 0.1) is 17.7 Å². The van der Waals surface area contributed by atoms with E-state index in [0.717, 1.165) is 4.57 Å². The second kappa shape index (κ2) is 4.61. The first kappa shape index (κ1) is 12.3. The highest BCUT2D eigenvalue weighted by molar-refractivity contribution is 6.32. The molecular formula is C9H12ClN3O4. The fourth-order valence-electron chi connectivity index (χ4n) is 1.71. The summed E-state index contributed by atoms with van der Waals surface area (Å²) in [6.07, 6.45) is -0.729. The minimum absolute atomic E-state index is 0.0508. The summed E-state index contributed by atoms with van der Waals surface area (Å²) >= 11 is 5.76. The number of halogens is 1. The van der Waals surface area contributed by atoms with Gasteiger partial charge in [-0.15, -0.1) is 0 Å². The lowest BCUT2D eigenvalue weighted by Gasteiger charge is -2.14. The van der Waals surface area contributed by atoms with E-state index in [1.165, 1.54) is 6.20 Å². The first-order valence-corrected chi connectivity index (χ1v) is 5.39. The number of aliphatic hydroxyl groups excluding tert-OH is 2. The number of ether oxygens (including phenoxy) is 1. The van der Waals surface area contributed by atoms with Gasteiger partial charge in [0.15, 0.2) is 0 Å². The Morgan fingerprint density at radius 1 is 1.71 bits per heavy atom. The van der Waals surface area contributed by atoms with Crippen LogP contribution in [0.15, 0.2) is 11.0 Å². The van der Waals surface area contributed by atoms with Gasteiger partial charge in [-0.05, 0) is 0 Å². The molecule has 17 heavy (non-hydrogen) atoms. The molecule has 0 aromatic carbocycles. The summed E-state index contributed by atoms with van der Waals surface area (Å²) in [7, 11) is 0. The zero-order valence-electron chi connectivity index (χ0n) is 8.78. The molecule has 0 saturated carbocycles. The highest BCUT2D eigenvalue weighted by atomic mass is 35.5. The van der Waals surface area contributed by atoms with Crippen molar-refractivity contribution in [3.8, 4) is 0 Å². The second-order valence-corrected chi connectivity index (χ2v) is 4.19. The van der Waals surface area contributed by atoms with Crippen LogP contribution < -0.4 is 11.4 Å². The lowest BCUT2D eigenvalue weighted by atomic mass is 10.2. The van der Waals surface area contributed by atoms with Crippen molar-refractivity contribution in [3.63, 3.8) is 0 Å². The summed E-state index contributed by atoms with van der Waals surface area (Å²) in [4.78, 5) is 15.1. The van der Waals surface area contributed by atoms with E-state index in [-0.39, 0.29) is 23.9 Å². The molecule has 0 unspecified atom stereocenters. The van der Waals surface area contributed by atoms with E-state index >= 15 is 0 Å². The van der Waals surface area contributed by atoms with E-state index in [4.69, 9.17) is 27.2 Å². The zero-order valence-corrected chi connectivity index (χ0v) is 9.54. The Morgan fingerprint density at radius 3 is 3.00 bits per heavy atom. The standard InChI is InChI=1S/C9H12ClN3O4/c10-4-2-13(9(16)12-8(4)11)7-1-5(15)6(3-14)17-7/h2,5-7,14-15H,1,3H2,(H2,11,12,16)/t5-,6-,7+/m0/s1. The molecule has 3 atom stereocenters. The highest BCUT2D eigenvalue weighted by Gasteiger charge is 2.35. The third-order valence-corrected chi connectivity index (χ3v) is 2.92. The molecule has 0 bridgehead atoms. The fourth-order valence-corrected chi connectivity index (χ4v) is 1.86. The van der Waals surface area contributed by atoms with Gasteiger partial charge in [0.1, 0.15) is 18.1 Å². The maximum atomic E-state index is 11.6. The molecule has 1 fully saturated rings. The molecule has 94 valence electrons. The SMILES string of the molecule is Nc1nc(=O)n([C@H]2C[C@H](O)[C@H](CO)O2)cc1Cl. The van der Waals surface area contributed by atoms with E-state index in [2.05, 4.69) is 4.98 Å². The topological polar surface area (TPSA) is 111 Å². The van der Waals surface area contributed by atoms with E-state index in [1.807, 2.05) is 0 Å². The van der Waals surface area contributed by atoms with Crippen LogP contribution in [0.4, 0.5) is 5.82 Å². The first-order chi connectivity index (χ1) is 8.02. The molecular weight excluding hydrogens is 250 g/mol. The Labute approximate surface area is 101 Å². The normalized spacial score (nSPS) is 28.5. The van der Waals surface area contributed by atoms with Gasteiger partial charge in [0.25, 0.3) is 0 Å². The minimum atomic E-state index is -0.826. The average Bonchev–Trinajstić information content (AvgIpc) is 2.65. The van der Waals surface area contributed by atoms with Crippen LogP contribution in [0.3, 0.4) is 0 Å². The Kier molecular flexibility index (Phi) is 3.34. The molecule has 2 heterocycles. The number of rotatable bonds is 2. The van der Waals surface area contributed by atoms with Crippen molar-refractivity contribution in [1.29, 1.82) is 0 Å². The van der Waals surface area contributed by atoms with Gasteiger partial charge in [0.2, 0.25) is 0 Å². The number of nitrogen functional groups attached to an aromatic ring is 1. The van der Waals surface area contributed by atoms with Crippen molar-refractivity contribution in [1.82, 2.24) is 9.55 Å². The Balaban J connectivity index is 2.30. The summed E-state index contributed by atoms with van der Waals surface area (Å²) in [5.74, 6) is -0.0508. The third-order valence-electron chi connectivity index (χ3n) is 2.63. The van der Waals surface area contributed by atoms with Crippen LogP contribution in [0.5, 0.6) is 0 Å². The largest absolute Gasteiger partial charge is 0.394 e.